The van der Waals surface area contributed by atoms with Crippen molar-refractivity contribution in [3.05, 3.63) is 0 Å². The second-order valence-corrected chi connectivity index (χ2v) is 2.73. The van der Waals surface area contributed by atoms with E-state index in [1.165, 1.54) is 0 Å². The molecule has 4 heteroatoms. The van der Waals surface area contributed by atoms with Gasteiger partial charge in [0, 0.05) is 19.4 Å². The van der Waals surface area contributed by atoms with E-state index in [0.29, 0.717) is 25.1 Å². The lowest BCUT2D eigenvalue weighted by atomic mass is 10.2. The van der Waals surface area contributed by atoms with E-state index in [4.69, 9.17) is 11.1 Å². The molecule has 4 nitrogen and oxygen atoms in total. The Morgan fingerprint density at radius 2 is 2.17 bits per heavy atom. The van der Waals surface area contributed by atoms with Crippen molar-refractivity contribution < 1.29 is 4.79 Å². The summed E-state index contributed by atoms with van der Waals surface area (Å²) in [5.74, 6) is 0.205. The van der Waals surface area contributed by atoms with Crippen LogP contribution in [0.3, 0.4) is 0 Å². The maximum atomic E-state index is 10.3. The standard InChI is InChI=1S/C8H17N3O/c1-2-6-11-7(9)4-3-5-8(10)12/h2-6H2,1H3,(H2,9,11)(H2,10,12). The molecule has 0 radical (unpaired) electrons. The molecule has 70 valence electrons. The molecule has 1 amide bonds. The average molecular weight is 171 g/mol. The molecule has 0 saturated heterocycles. The van der Waals surface area contributed by atoms with Gasteiger partial charge in [-0.25, -0.2) is 0 Å². The molecule has 0 aromatic heterocycles. The summed E-state index contributed by atoms with van der Waals surface area (Å²) in [6, 6.07) is 0. The van der Waals surface area contributed by atoms with Crippen LogP contribution in [-0.2, 0) is 4.79 Å². The summed E-state index contributed by atoms with van der Waals surface area (Å²) in [6.07, 6.45) is 2.67. The number of nitrogens with two attached hydrogens (primary N) is 1. The second kappa shape index (κ2) is 6.64. The van der Waals surface area contributed by atoms with Crippen molar-refractivity contribution in [3.63, 3.8) is 0 Å². The zero-order valence-corrected chi connectivity index (χ0v) is 7.52. The van der Waals surface area contributed by atoms with E-state index < -0.39 is 0 Å². The van der Waals surface area contributed by atoms with E-state index in [2.05, 4.69) is 5.32 Å². The summed E-state index contributed by atoms with van der Waals surface area (Å²) in [5, 5.41) is 10.3. The van der Waals surface area contributed by atoms with E-state index >= 15 is 0 Å². The molecule has 0 rings (SSSR count). The lowest BCUT2D eigenvalue weighted by Gasteiger charge is -2.04. The highest BCUT2D eigenvalue weighted by molar-refractivity contribution is 5.80. The SMILES string of the molecule is CCCNC(=N)CCCC(N)=O. The van der Waals surface area contributed by atoms with E-state index in [-0.39, 0.29) is 5.91 Å². The molecule has 0 atom stereocenters. The first-order valence-corrected chi connectivity index (χ1v) is 4.26. The van der Waals surface area contributed by atoms with Gasteiger partial charge in [0.25, 0.3) is 0 Å². The summed E-state index contributed by atoms with van der Waals surface area (Å²) in [7, 11) is 0. The van der Waals surface area contributed by atoms with Crippen molar-refractivity contribution in [1.29, 1.82) is 5.41 Å². The average Bonchev–Trinajstić information content (AvgIpc) is 2.00. The molecular weight excluding hydrogens is 154 g/mol. The summed E-state index contributed by atoms with van der Waals surface area (Å²) >= 11 is 0. The van der Waals surface area contributed by atoms with Crippen molar-refractivity contribution in [2.45, 2.75) is 32.6 Å². The number of amidine groups is 1. The smallest absolute Gasteiger partial charge is 0.217 e. The molecule has 0 aromatic rings. The van der Waals surface area contributed by atoms with Crippen molar-refractivity contribution in [2.75, 3.05) is 6.54 Å². The molecule has 0 spiro atoms. The summed E-state index contributed by atoms with van der Waals surface area (Å²) in [5.41, 5.74) is 4.95. The lowest BCUT2D eigenvalue weighted by molar-refractivity contribution is -0.118. The topological polar surface area (TPSA) is 79.0 Å². The van der Waals surface area contributed by atoms with Crippen LogP contribution in [0, 0.1) is 5.41 Å². The van der Waals surface area contributed by atoms with Gasteiger partial charge >= 0.3 is 0 Å². The Hall–Kier alpha value is -1.06. The third-order valence-electron chi connectivity index (χ3n) is 1.44. The predicted molar refractivity (Wildman–Crippen MR) is 49.1 cm³/mol. The molecule has 4 N–H and O–H groups in total. The Kier molecular flexibility index (Phi) is 6.05. The minimum absolute atomic E-state index is 0.293. The van der Waals surface area contributed by atoms with Crippen molar-refractivity contribution >= 4 is 11.7 Å². The molecule has 0 heterocycles. The number of primary amides is 1. The number of carbonyl (C=O) groups excluding carboxylic acids is 1. The van der Waals surface area contributed by atoms with Crippen LogP contribution in [0.15, 0.2) is 0 Å². The van der Waals surface area contributed by atoms with Gasteiger partial charge in [0.1, 0.15) is 0 Å². The fraction of sp³-hybridized carbons (Fsp3) is 0.750. The Bertz CT molecular complexity index is 156. The monoisotopic (exact) mass is 171 g/mol. The largest absolute Gasteiger partial charge is 0.374 e. The predicted octanol–water partition coefficient (Wildman–Crippen LogP) is 0.619. The first-order valence-electron chi connectivity index (χ1n) is 4.26. The van der Waals surface area contributed by atoms with Gasteiger partial charge in [-0.05, 0) is 12.8 Å². The third-order valence-corrected chi connectivity index (χ3v) is 1.44. The summed E-state index contributed by atoms with van der Waals surface area (Å²) < 4.78 is 0. The Morgan fingerprint density at radius 3 is 2.67 bits per heavy atom. The minimum Gasteiger partial charge on any atom is -0.374 e. The summed E-state index contributed by atoms with van der Waals surface area (Å²) in [6.45, 7) is 2.87. The molecule has 0 unspecified atom stereocenters. The first-order chi connectivity index (χ1) is 5.66. The van der Waals surface area contributed by atoms with E-state index in [0.717, 1.165) is 13.0 Å². The summed E-state index contributed by atoms with van der Waals surface area (Å²) in [4.78, 5) is 10.3. The fourth-order valence-corrected chi connectivity index (χ4v) is 0.804. The molecule has 0 bridgehead atoms. The van der Waals surface area contributed by atoms with Crippen LogP contribution >= 0.6 is 0 Å². The number of carbonyl (C=O) groups is 1. The van der Waals surface area contributed by atoms with Gasteiger partial charge in [-0.3, -0.25) is 10.2 Å². The third kappa shape index (κ3) is 7.05. The molecule has 12 heavy (non-hydrogen) atoms. The van der Waals surface area contributed by atoms with Crippen LogP contribution in [0.1, 0.15) is 32.6 Å². The second-order valence-electron chi connectivity index (χ2n) is 2.73. The van der Waals surface area contributed by atoms with Gasteiger partial charge in [0.05, 0.1) is 5.84 Å². The van der Waals surface area contributed by atoms with E-state index in [9.17, 15) is 4.79 Å². The highest BCUT2D eigenvalue weighted by Crippen LogP contribution is 1.93. The first kappa shape index (κ1) is 10.9. The van der Waals surface area contributed by atoms with E-state index in [1.807, 2.05) is 6.92 Å². The van der Waals surface area contributed by atoms with Gasteiger partial charge in [-0.2, -0.15) is 0 Å². The van der Waals surface area contributed by atoms with Crippen LogP contribution < -0.4 is 11.1 Å². The van der Waals surface area contributed by atoms with Crippen molar-refractivity contribution in [1.82, 2.24) is 5.32 Å². The van der Waals surface area contributed by atoms with E-state index in [1.54, 1.807) is 0 Å². The Balaban J connectivity index is 3.25. The highest BCUT2D eigenvalue weighted by atomic mass is 16.1. The number of rotatable bonds is 6. The van der Waals surface area contributed by atoms with Crippen LogP contribution in [-0.4, -0.2) is 18.3 Å². The maximum absolute atomic E-state index is 10.3. The number of hydrogen-bond acceptors (Lipinski definition) is 2. The maximum Gasteiger partial charge on any atom is 0.217 e. The Morgan fingerprint density at radius 1 is 1.50 bits per heavy atom. The number of nitrogens with one attached hydrogen (secondary N) is 2. The quantitative estimate of drug-likeness (QED) is 0.404. The van der Waals surface area contributed by atoms with Gasteiger partial charge in [-0.1, -0.05) is 6.92 Å². The minimum atomic E-state index is -0.293. The molecule has 0 aliphatic rings. The Labute approximate surface area is 73.0 Å². The van der Waals surface area contributed by atoms with Crippen LogP contribution in [0.4, 0.5) is 0 Å². The number of hydrogen-bond donors (Lipinski definition) is 3. The van der Waals surface area contributed by atoms with Crippen LogP contribution in [0.25, 0.3) is 0 Å². The molecule has 0 aliphatic carbocycles. The van der Waals surface area contributed by atoms with Crippen LogP contribution in [0.2, 0.25) is 0 Å². The van der Waals surface area contributed by atoms with Gasteiger partial charge < -0.3 is 11.1 Å². The van der Waals surface area contributed by atoms with Gasteiger partial charge in [0.2, 0.25) is 5.91 Å². The highest BCUT2D eigenvalue weighted by Gasteiger charge is 1.97. The van der Waals surface area contributed by atoms with Crippen molar-refractivity contribution in [3.8, 4) is 0 Å². The number of amides is 1. The van der Waals surface area contributed by atoms with Gasteiger partial charge in [0.15, 0.2) is 0 Å². The molecule has 0 saturated carbocycles. The van der Waals surface area contributed by atoms with Crippen LogP contribution in [0.5, 0.6) is 0 Å². The fourth-order valence-electron chi connectivity index (χ4n) is 0.804. The van der Waals surface area contributed by atoms with Crippen molar-refractivity contribution in [2.24, 2.45) is 5.73 Å². The normalized spacial score (nSPS) is 9.42. The zero-order valence-electron chi connectivity index (χ0n) is 7.52. The van der Waals surface area contributed by atoms with Gasteiger partial charge in [-0.15, -0.1) is 0 Å². The molecule has 0 aromatic carbocycles. The lowest BCUT2D eigenvalue weighted by Crippen LogP contribution is -2.23. The molecular formula is C8H17N3O. The molecule has 0 aliphatic heterocycles. The molecule has 0 fully saturated rings. The zero-order chi connectivity index (χ0) is 9.40.